The summed E-state index contributed by atoms with van der Waals surface area (Å²) >= 11 is 0. The lowest BCUT2D eigenvalue weighted by atomic mass is 10.1. The second kappa shape index (κ2) is 40.4. The summed E-state index contributed by atoms with van der Waals surface area (Å²) in [6.45, 7) is 13.0. The van der Waals surface area contributed by atoms with E-state index in [0.717, 1.165) is 55.0 Å². The van der Waals surface area contributed by atoms with Gasteiger partial charge in [-0.15, -0.1) is 13.2 Å². The van der Waals surface area contributed by atoms with Crippen molar-refractivity contribution in [3.63, 3.8) is 0 Å². The van der Waals surface area contributed by atoms with E-state index < -0.39 is 120 Å². The fourth-order valence-corrected chi connectivity index (χ4v) is 17.3. The standard InChI is InChI=1S/C48H57N5O11S.C42H47N5O9S/c1-7-32-29-48(32,45(57)52-65(59,60)41-21-17-16-20-36(41)50-42(54)22-14-9-8-10-15-23-43(55)62-6)51-44(56)39-27-34(30-53(39)46(58)64-47(2,3)4)63-40-28-37(31-18-12-11-13-19-31)49-38-26-33(61-5)24-25-35(38)40;1-3-28-25-42(28,41(52)47-57(53,54)37-17-13-12-16-32(37)45-38(48)18-10-5-4-6-11-19-39(49)50)46-40(51)35-23-30(26-43-35)56-36-24-33(27-14-8-7-9-15-27)44-34-22-29(55-2)20-21-31(34)36/h7,11-13,16-21,24-26,28,32,34,39H,1,8-10,14-15,22-23,27,29-30H2,2-6H3,(H,50,54)(H,51,56)(H,52,57);3,7-9,12-17,20-22,24,28,30,35,43H,1,4-6,10-11,18-19,23,25-26H2,2H3,(H,45,48)(H,46,51)(H,47,52)(H,49,50)/t32-,34-,39+,48-;28-,30-,35+,42-/m11/s1. The zero-order chi connectivity index (χ0) is 87.5. The van der Waals surface area contributed by atoms with Gasteiger partial charge in [0.05, 0.1) is 67.7 Å². The van der Waals surface area contributed by atoms with Crippen LogP contribution in [0.15, 0.2) is 193 Å². The zero-order valence-corrected chi connectivity index (χ0v) is 70.7. The number of carboxylic acid groups (broad SMARTS) is 1. The summed E-state index contributed by atoms with van der Waals surface area (Å²) in [7, 11) is -4.60. The predicted molar refractivity (Wildman–Crippen MR) is 457 cm³/mol. The molecule has 4 fully saturated rings. The summed E-state index contributed by atoms with van der Waals surface area (Å²) in [6.07, 6.45) is 9.20. The van der Waals surface area contributed by atoms with Gasteiger partial charge in [0.25, 0.3) is 31.9 Å². The molecule has 0 unspecified atom stereocenters. The SMILES string of the molecule is C=C[C@@H]1C[C@]1(NC(=O)[C@@H]1C[C@@H](Oc2cc(-c3ccccc3)nc3cc(OC)ccc23)CN1)C(=O)NS(=O)(=O)c1ccccc1NC(=O)CCCCCCCC(=O)O.C=C[C@@H]1C[C@]1(NC(=O)[C@@H]1C[C@@H](Oc2cc(-c3ccccc3)nc3cc(OC)ccc23)CN1C(=O)OC(C)(C)C)C(=O)NS(=O)(=O)c1ccccc1NC(=O)CCCCCCCC(=O)OC. The van der Waals surface area contributed by atoms with Gasteiger partial charge in [0.15, 0.2) is 0 Å². The molecule has 6 aromatic carbocycles. The number of carbonyl (C=O) groups is 9. The second-order valence-electron chi connectivity index (χ2n) is 31.5. The number of nitrogens with one attached hydrogen (secondary N) is 7. The van der Waals surface area contributed by atoms with Gasteiger partial charge in [-0.25, -0.2) is 41.0 Å². The van der Waals surface area contributed by atoms with Crippen LogP contribution in [0.25, 0.3) is 44.3 Å². The number of sulfonamides is 2. The number of rotatable bonds is 38. The minimum absolute atomic E-state index is 0.00292. The molecule has 2 aliphatic heterocycles. The molecule has 8 N–H and O–H groups in total. The lowest BCUT2D eigenvalue weighted by Gasteiger charge is -2.29. The summed E-state index contributed by atoms with van der Waals surface area (Å²) in [5, 5.41) is 24.3. The van der Waals surface area contributed by atoms with E-state index in [9.17, 15) is 60.0 Å². The normalized spacial score (nSPS) is 19.5. The molecule has 646 valence electrons. The Balaban J connectivity index is 0.000000240. The van der Waals surface area contributed by atoms with Crippen LogP contribution in [0.2, 0.25) is 0 Å². The average Bonchev–Trinajstić information content (AvgIpc) is 1.58. The molecule has 8 atom stereocenters. The molecule has 4 aliphatic rings. The maximum Gasteiger partial charge on any atom is 0.411 e. The van der Waals surface area contributed by atoms with Gasteiger partial charge >= 0.3 is 18.0 Å². The van der Waals surface area contributed by atoms with Gasteiger partial charge in [-0.3, -0.25) is 43.3 Å². The third-order valence-electron chi connectivity index (χ3n) is 21.5. The van der Waals surface area contributed by atoms with Crippen LogP contribution in [0.1, 0.15) is 136 Å². The van der Waals surface area contributed by atoms with Crippen molar-refractivity contribution >= 4 is 107 Å². The number of esters is 1. The Labute approximate surface area is 709 Å². The van der Waals surface area contributed by atoms with Gasteiger partial charge in [0.2, 0.25) is 23.6 Å². The molecule has 30 nitrogen and oxygen atoms in total. The van der Waals surface area contributed by atoms with Gasteiger partial charge in [0, 0.05) is 103 Å². The van der Waals surface area contributed by atoms with Crippen LogP contribution in [0.5, 0.6) is 23.0 Å². The molecule has 2 aromatic heterocycles. The number of hydrogen-bond donors (Lipinski definition) is 8. The molecule has 7 amide bonds. The molecule has 2 aliphatic carbocycles. The molecule has 8 aromatic rings. The number of amides is 7. The maximum atomic E-state index is 14.4. The first-order chi connectivity index (χ1) is 58.4. The third kappa shape index (κ3) is 23.2. The highest BCUT2D eigenvalue weighted by Gasteiger charge is 2.63. The van der Waals surface area contributed by atoms with Crippen molar-refractivity contribution in [2.75, 3.05) is 45.1 Å². The van der Waals surface area contributed by atoms with Gasteiger partial charge in [-0.05, 0) is 108 Å². The first-order valence-corrected chi connectivity index (χ1v) is 43.6. The lowest BCUT2D eigenvalue weighted by molar-refractivity contribution is -0.141. The van der Waals surface area contributed by atoms with Crippen LogP contribution in [0.3, 0.4) is 0 Å². The van der Waals surface area contributed by atoms with Crippen molar-refractivity contribution in [2.45, 2.75) is 187 Å². The van der Waals surface area contributed by atoms with Crippen LogP contribution in [0.4, 0.5) is 16.2 Å². The number of carbonyl (C=O) groups excluding carboxylic acids is 8. The van der Waals surface area contributed by atoms with E-state index in [1.54, 1.807) is 65.3 Å². The van der Waals surface area contributed by atoms with E-state index in [0.29, 0.717) is 89.5 Å². The van der Waals surface area contributed by atoms with Crippen LogP contribution in [0, 0.1) is 11.8 Å². The second-order valence-corrected chi connectivity index (χ2v) is 34.8. The fourth-order valence-electron chi connectivity index (χ4n) is 14.8. The molecule has 0 bridgehead atoms. The highest BCUT2D eigenvalue weighted by molar-refractivity contribution is 7.90. The van der Waals surface area contributed by atoms with E-state index in [1.165, 1.54) is 60.6 Å². The molecule has 2 saturated heterocycles. The number of nitrogens with zero attached hydrogens (tertiary/aromatic N) is 3. The molecule has 0 spiro atoms. The average molecular weight is 1710 g/mol. The van der Waals surface area contributed by atoms with Crippen molar-refractivity contribution in [1.29, 1.82) is 0 Å². The van der Waals surface area contributed by atoms with Crippen molar-refractivity contribution in [1.82, 2.24) is 40.3 Å². The molecule has 4 heterocycles. The minimum atomic E-state index is -4.60. The van der Waals surface area contributed by atoms with E-state index in [-0.39, 0.29) is 78.6 Å². The Bertz CT molecular complexity index is 5440. The van der Waals surface area contributed by atoms with Gasteiger partial charge in [0.1, 0.15) is 67.7 Å². The number of benzene rings is 6. The Morgan fingerprint density at radius 1 is 0.541 bits per heavy atom. The summed E-state index contributed by atoms with van der Waals surface area (Å²) in [4.78, 5) is 128. The number of para-hydroxylation sites is 2. The maximum absolute atomic E-state index is 14.4. The number of unbranched alkanes of at least 4 members (excludes halogenated alkanes) is 8. The Morgan fingerprint density at radius 2 is 0.975 bits per heavy atom. The van der Waals surface area contributed by atoms with Crippen molar-refractivity contribution in [2.24, 2.45) is 11.8 Å². The Kier molecular flexibility index (Phi) is 30.0. The molecular weight excluding hydrogens is 1610 g/mol. The Morgan fingerprint density at radius 3 is 1.42 bits per heavy atom. The number of fused-ring (bicyclic) bond motifs is 2. The lowest BCUT2D eigenvalue weighted by Crippen LogP contribution is -2.56. The van der Waals surface area contributed by atoms with Crippen molar-refractivity contribution < 1.29 is 93.5 Å². The number of aromatic nitrogens is 2. The number of anilines is 2. The summed E-state index contributed by atoms with van der Waals surface area (Å²) in [6, 6.07) is 43.4. The highest BCUT2D eigenvalue weighted by atomic mass is 32.2. The van der Waals surface area contributed by atoms with E-state index in [2.05, 4.69) is 53.9 Å². The first kappa shape index (κ1) is 90.5. The van der Waals surface area contributed by atoms with Crippen molar-refractivity contribution in [3.05, 3.63) is 183 Å². The molecule has 32 heteroatoms. The molecule has 12 rings (SSSR count). The zero-order valence-electron chi connectivity index (χ0n) is 69.0. The van der Waals surface area contributed by atoms with Crippen molar-refractivity contribution in [3.8, 4) is 45.5 Å². The van der Waals surface area contributed by atoms with E-state index in [4.69, 9.17) is 38.8 Å². The van der Waals surface area contributed by atoms with Gasteiger partial charge < -0.3 is 60.1 Å². The molecular formula is C90H104N10O20S2. The predicted octanol–water partition coefficient (Wildman–Crippen LogP) is 12.4. The fraction of sp³-hybridized carbons (Fsp3) is 0.389. The summed E-state index contributed by atoms with van der Waals surface area (Å²) in [5.74, 6) is -3.89. The number of aliphatic carboxylic acids is 1. The van der Waals surface area contributed by atoms with E-state index in [1.807, 2.05) is 91.0 Å². The molecule has 0 radical (unpaired) electrons. The number of carboxylic acids is 1. The minimum Gasteiger partial charge on any atom is -0.497 e. The van der Waals surface area contributed by atoms with Crippen LogP contribution >= 0.6 is 0 Å². The topological polar surface area (TPSA) is 411 Å². The van der Waals surface area contributed by atoms with Gasteiger partial charge in [-0.1, -0.05) is 136 Å². The van der Waals surface area contributed by atoms with Gasteiger partial charge in [-0.2, -0.15) is 0 Å². The first-order valence-electron chi connectivity index (χ1n) is 40.6. The number of pyridine rings is 2. The van der Waals surface area contributed by atoms with Crippen LogP contribution in [-0.4, -0.2) is 166 Å². The number of methoxy groups -OCH3 is 3. The molecule has 2 saturated carbocycles. The quantitative estimate of drug-likeness (QED) is 0.0101. The summed E-state index contributed by atoms with van der Waals surface area (Å²) < 4.78 is 93.6. The van der Waals surface area contributed by atoms with E-state index >= 15 is 0 Å². The largest absolute Gasteiger partial charge is 0.497 e. The Hall–Kier alpha value is -12.3. The smallest absolute Gasteiger partial charge is 0.411 e. The monoisotopic (exact) mass is 1710 g/mol. The van der Waals surface area contributed by atoms with Crippen LogP contribution in [-0.2, 0) is 67.9 Å². The number of ether oxygens (including phenoxy) is 6. The third-order valence-corrected chi connectivity index (χ3v) is 24.3. The molecule has 122 heavy (non-hydrogen) atoms. The summed E-state index contributed by atoms with van der Waals surface area (Å²) in [5.41, 5.74) is 0.192. The number of hydrogen-bond acceptors (Lipinski definition) is 22. The number of likely N-dealkylation sites (tertiary alicyclic amines) is 1. The van der Waals surface area contributed by atoms with Crippen LogP contribution < -0.4 is 55.0 Å². The highest BCUT2D eigenvalue weighted by Crippen LogP contribution is 2.47.